The van der Waals surface area contributed by atoms with Gasteiger partial charge in [0.25, 0.3) is 0 Å². The van der Waals surface area contributed by atoms with E-state index in [2.05, 4.69) is 0 Å². The number of aromatic hydroxyl groups is 1. The van der Waals surface area contributed by atoms with Gasteiger partial charge in [0, 0.05) is 4.90 Å². The van der Waals surface area contributed by atoms with Crippen molar-refractivity contribution in [3.8, 4) is 5.75 Å². The number of aliphatic carboxylic acids is 1. The largest absolute Gasteiger partial charge is 0.508 e. The summed E-state index contributed by atoms with van der Waals surface area (Å²) in [4.78, 5) is 10.8. The van der Waals surface area contributed by atoms with Gasteiger partial charge >= 0.3 is 5.97 Å². The first-order valence-corrected chi connectivity index (χ1v) is 4.34. The molecule has 0 aliphatic rings. The van der Waals surface area contributed by atoms with Crippen LogP contribution in [-0.4, -0.2) is 26.7 Å². The van der Waals surface area contributed by atoms with Crippen LogP contribution in [0, 0.1) is 0 Å². The topological polar surface area (TPSA) is 77.8 Å². The standard InChI is InChI=1S/C8H8O4S/c9-5-1-3-6(4-2-5)13-8(12)7(10)11/h1-4,8-9,12H,(H,10,11). The lowest BCUT2D eigenvalue weighted by molar-refractivity contribution is -0.141. The van der Waals surface area contributed by atoms with Gasteiger partial charge < -0.3 is 15.3 Å². The van der Waals surface area contributed by atoms with Crippen molar-refractivity contribution in [1.82, 2.24) is 0 Å². The van der Waals surface area contributed by atoms with Crippen LogP contribution in [-0.2, 0) is 4.79 Å². The van der Waals surface area contributed by atoms with Crippen molar-refractivity contribution >= 4 is 17.7 Å². The predicted molar refractivity (Wildman–Crippen MR) is 47.6 cm³/mol. The molecule has 0 fully saturated rings. The second-order valence-corrected chi connectivity index (χ2v) is 3.46. The van der Waals surface area contributed by atoms with E-state index >= 15 is 0 Å². The van der Waals surface area contributed by atoms with Crippen LogP contribution in [0.3, 0.4) is 0 Å². The molecule has 0 heterocycles. The fourth-order valence-corrected chi connectivity index (χ4v) is 1.36. The van der Waals surface area contributed by atoms with Gasteiger partial charge in [-0.25, -0.2) is 4.79 Å². The SMILES string of the molecule is O=C(O)C(O)Sc1ccc(O)cc1. The molecule has 0 aliphatic heterocycles. The summed E-state index contributed by atoms with van der Waals surface area (Å²) in [5, 5.41) is 26.2. The maximum absolute atomic E-state index is 10.3. The van der Waals surface area contributed by atoms with Gasteiger partial charge in [0.1, 0.15) is 5.75 Å². The number of carboxylic acids is 1. The molecule has 13 heavy (non-hydrogen) atoms. The highest BCUT2D eigenvalue weighted by Gasteiger charge is 2.13. The van der Waals surface area contributed by atoms with Crippen molar-refractivity contribution in [2.45, 2.75) is 10.3 Å². The third-order valence-electron chi connectivity index (χ3n) is 1.30. The molecule has 1 aromatic carbocycles. The second kappa shape index (κ2) is 4.15. The van der Waals surface area contributed by atoms with E-state index in [1.54, 1.807) is 0 Å². The lowest BCUT2D eigenvalue weighted by Crippen LogP contribution is -2.14. The van der Waals surface area contributed by atoms with Crippen LogP contribution in [0.1, 0.15) is 0 Å². The molecule has 1 atom stereocenters. The first-order valence-electron chi connectivity index (χ1n) is 3.46. The monoisotopic (exact) mass is 200 g/mol. The van der Waals surface area contributed by atoms with Crippen molar-refractivity contribution in [2.75, 3.05) is 0 Å². The summed E-state index contributed by atoms with van der Waals surface area (Å²) in [5.74, 6) is -1.17. The van der Waals surface area contributed by atoms with E-state index in [0.29, 0.717) is 4.90 Å². The number of aliphatic hydroxyl groups is 1. The van der Waals surface area contributed by atoms with Gasteiger partial charge in [-0.3, -0.25) is 0 Å². The van der Waals surface area contributed by atoms with Crippen LogP contribution in [0.25, 0.3) is 0 Å². The highest BCUT2D eigenvalue weighted by Crippen LogP contribution is 2.23. The van der Waals surface area contributed by atoms with E-state index in [9.17, 15) is 4.79 Å². The van der Waals surface area contributed by atoms with E-state index < -0.39 is 11.4 Å². The summed E-state index contributed by atoms with van der Waals surface area (Å²) in [6.45, 7) is 0. The molecule has 0 amide bonds. The Kier molecular flexibility index (Phi) is 3.16. The number of rotatable bonds is 3. The normalized spacial score (nSPS) is 12.4. The zero-order chi connectivity index (χ0) is 9.84. The smallest absolute Gasteiger partial charge is 0.343 e. The van der Waals surface area contributed by atoms with Crippen LogP contribution in [0.4, 0.5) is 0 Å². The Hall–Kier alpha value is -1.20. The molecule has 0 aliphatic carbocycles. The zero-order valence-electron chi connectivity index (χ0n) is 6.54. The number of aliphatic hydroxyl groups excluding tert-OH is 1. The zero-order valence-corrected chi connectivity index (χ0v) is 7.36. The third-order valence-corrected chi connectivity index (χ3v) is 2.26. The summed E-state index contributed by atoms with van der Waals surface area (Å²) >= 11 is 0.805. The maximum Gasteiger partial charge on any atom is 0.343 e. The van der Waals surface area contributed by atoms with Crippen LogP contribution in [0.2, 0.25) is 0 Å². The van der Waals surface area contributed by atoms with Crippen molar-refractivity contribution in [3.63, 3.8) is 0 Å². The van der Waals surface area contributed by atoms with Crippen LogP contribution in [0.15, 0.2) is 29.2 Å². The molecular formula is C8H8O4S. The van der Waals surface area contributed by atoms with Gasteiger partial charge in [-0.15, -0.1) is 0 Å². The van der Waals surface area contributed by atoms with Gasteiger partial charge in [-0.05, 0) is 24.3 Å². The number of hydrogen-bond acceptors (Lipinski definition) is 4. The van der Waals surface area contributed by atoms with E-state index in [4.69, 9.17) is 15.3 Å². The third kappa shape index (κ3) is 2.96. The molecule has 3 N–H and O–H groups in total. The summed E-state index contributed by atoms with van der Waals surface area (Å²) in [6.07, 6.45) is 0. The summed E-state index contributed by atoms with van der Waals surface area (Å²) < 4.78 is 0. The summed E-state index contributed by atoms with van der Waals surface area (Å²) in [7, 11) is 0. The fourth-order valence-electron chi connectivity index (χ4n) is 0.704. The summed E-state index contributed by atoms with van der Waals surface area (Å²) in [6, 6.07) is 5.92. The molecule has 0 bridgehead atoms. The molecule has 5 heteroatoms. The fraction of sp³-hybridized carbons (Fsp3) is 0.125. The van der Waals surface area contributed by atoms with Crippen molar-refractivity contribution in [3.05, 3.63) is 24.3 Å². The average molecular weight is 200 g/mol. The Morgan fingerprint density at radius 2 is 1.85 bits per heavy atom. The van der Waals surface area contributed by atoms with Crippen molar-refractivity contribution < 1.29 is 20.1 Å². The molecular weight excluding hydrogens is 192 g/mol. The molecule has 0 radical (unpaired) electrons. The minimum absolute atomic E-state index is 0.106. The number of benzene rings is 1. The van der Waals surface area contributed by atoms with Gasteiger partial charge in [0.15, 0.2) is 0 Å². The molecule has 0 saturated heterocycles. The number of phenols is 1. The predicted octanol–water partition coefficient (Wildman–Crippen LogP) is 0.887. The minimum Gasteiger partial charge on any atom is -0.508 e. The number of hydrogen-bond donors (Lipinski definition) is 3. The van der Waals surface area contributed by atoms with E-state index in [1.165, 1.54) is 24.3 Å². The Bertz CT molecular complexity index is 296. The molecule has 0 spiro atoms. The van der Waals surface area contributed by atoms with Gasteiger partial charge in [0.2, 0.25) is 5.44 Å². The Morgan fingerprint density at radius 1 is 1.31 bits per heavy atom. The second-order valence-electron chi connectivity index (χ2n) is 2.30. The quantitative estimate of drug-likeness (QED) is 0.499. The first-order chi connectivity index (χ1) is 6.09. The Morgan fingerprint density at radius 3 is 2.31 bits per heavy atom. The van der Waals surface area contributed by atoms with Gasteiger partial charge in [0.05, 0.1) is 0 Å². The number of carbonyl (C=O) groups is 1. The van der Waals surface area contributed by atoms with E-state index in [0.717, 1.165) is 11.8 Å². The molecule has 1 unspecified atom stereocenters. The van der Waals surface area contributed by atoms with Crippen LogP contribution in [0.5, 0.6) is 5.75 Å². The van der Waals surface area contributed by atoms with Crippen LogP contribution >= 0.6 is 11.8 Å². The van der Waals surface area contributed by atoms with E-state index in [1.807, 2.05) is 0 Å². The number of thioether (sulfide) groups is 1. The summed E-state index contributed by atoms with van der Waals surface area (Å²) in [5.41, 5.74) is -1.47. The lowest BCUT2D eigenvalue weighted by Gasteiger charge is -2.04. The minimum atomic E-state index is -1.47. The molecule has 0 aromatic heterocycles. The highest BCUT2D eigenvalue weighted by molar-refractivity contribution is 8.00. The molecule has 70 valence electrons. The van der Waals surface area contributed by atoms with Gasteiger partial charge in [-0.1, -0.05) is 11.8 Å². The molecule has 1 aromatic rings. The Labute approximate surface area is 78.8 Å². The van der Waals surface area contributed by atoms with Gasteiger partial charge in [-0.2, -0.15) is 0 Å². The molecule has 0 saturated carbocycles. The van der Waals surface area contributed by atoms with Crippen molar-refractivity contribution in [2.24, 2.45) is 0 Å². The van der Waals surface area contributed by atoms with Crippen molar-refractivity contribution in [1.29, 1.82) is 0 Å². The van der Waals surface area contributed by atoms with Crippen LogP contribution < -0.4 is 0 Å². The lowest BCUT2D eigenvalue weighted by atomic mass is 10.3. The average Bonchev–Trinajstić information content (AvgIpc) is 2.08. The Balaban J connectivity index is 2.64. The number of phenolic OH excluding ortho intramolecular Hbond substituents is 1. The molecule has 1 rings (SSSR count). The van der Waals surface area contributed by atoms with E-state index in [-0.39, 0.29) is 5.75 Å². The highest BCUT2D eigenvalue weighted by atomic mass is 32.2. The molecule has 4 nitrogen and oxygen atoms in total. The maximum atomic E-state index is 10.3. The number of carboxylic acid groups (broad SMARTS) is 1. The first kappa shape index (κ1) is 9.88.